The Morgan fingerprint density at radius 1 is 1.50 bits per heavy atom. The molecule has 2 N–H and O–H groups in total. The van der Waals surface area contributed by atoms with E-state index in [2.05, 4.69) is 10.3 Å². The highest BCUT2D eigenvalue weighted by molar-refractivity contribution is 5.17. The molecule has 3 nitrogen and oxygen atoms in total. The molecular weight excluding hydrogens is 200 g/mol. The zero-order valence-corrected chi connectivity index (χ0v) is 10.6. The van der Waals surface area contributed by atoms with Gasteiger partial charge in [-0.2, -0.15) is 0 Å². The van der Waals surface area contributed by atoms with E-state index in [4.69, 9.17) is 0 Å². The van der Waals surface area contributed by atoms with Crippen LogP contribution in [0.5, 0.6) is 0 Å². The van der Waals surface area contributed by atoms with Crippen LogP contribution < -0.4 is 5.32 Å². The van der Waals surface area contributed by atoms with Gasteiger partial charge in [0.15, 0.2) is 0 Å². The third-order valence-corrected chi connectivity index (χ3v) is 3.14. The molecule has 0 saturated heterocycles. The van der Waals surface area contributed by atoms with Gasteiger partial charge in [-0.25, -0.2) is 0 Å². The number of aliphatic hydroxyl groups is 1. The van der Waals surface area contributed by atoms with Crippen molar-refractivity contribution in [2.75, 3.05) is 6.54 Å². The minimum Gasteiger partial charge on any atom is -0.389 e. The minimum absolute atomic E-state index is 0.241. The lowest BCUT2D eigenvalue weighted by molar-refractivity contribution is 0.0139. The summed E-state index contributed by atoms with van der Waals surface area (Å²) in [6, 6.07) is 3.98. The van der Waals surface area contributed by atoms with Gasteiger partial charge in [-0.15, -0.1) is 0 Å². The van der Waals surface area contributed by atoms with Gasteiger partial charge in [-0.3, -0.25) is 4.98 Å². The number of nitrogens with one attached hydrogen (secondary N) is 1. The van der Waals surface area contributed by atoms with Crippen molar-refractivity contribution in [3.8, 4) is 0 Å². The first kappa shape index (κ1) is 13.1. The zero-order chi connectivity index (χ0) is 12.2. The van der Waals surface area contributed by atoms with Crippen LogP contribution in [0.1, 0.15) is 32.0 Å². The summed E-state index contributed by atoms with van der Waals surface area (Å²) in [7, 11) is 0. The van der Waals surface area contributed by atoms with Crippen LogP contribution in [0.3, 0.4) is 0 Å². The average Bonchev–Trinajstić information content (AvgIpc) is 2.20. The molecule has 90 valence electrons. The summed E-state index contributed by atoms with van der Waals surface area (Å²) in [4.78, 5) is 4.30. The van der Waals surface area contributed by atoms with Crippen molar-refractivity contribution in [2.45, 2.75) is 39.8 Å². The number of hydrogen-bond donors (Lipinski definition) is 2. The quantitative estimate of drug-likeness (QED) is 0.799. The van der Waals surface area contributed by atoms with E-state index >= 15 is 0 Å². The largest absolute Gasteiger partial charge is 0.389 e. The molecule has 0 saturated carbocycles. The molecule has 0 aliphatic rings. The lowest BCUT2D eigenvalue weighted by Gasteiger charge is -2.28. The molecular formula is C13H22N2O. The summed E-state index contributed by atoms with van der Waals surface area (Å²) in [6.45, 7) is 9.23. The van der Waals surface area contributed by atoms with E-state index < -0.39 is 5.60 Å². The lowest BCUT2D eigenvalue weighted by atomic mass is 9.92. The minimum atomic E-state index is -0.664. The zero-order valence-electron chi connectivity index (χ0n) is 10.6. The summed E-state index contributed by atoms with van der Waals surface area (Å²) in [5.41, 5.74) is 1.56. The van der Waals surface area contributed by atoms with Crippen LogP contribution in [0.2, 0.25) is 0 Å². The number of rotatable bonds is 5. The summed E-state index contributed by atoms with van der Waals surface area (Å²) >= 11 is 0. The van der Waals surface area contributed by atoms with Crippen molar-refractivity contribution in [2.24, 2.45) is 5.92 Å². The van der Waals surface area contributed by atoms with Gasteiger partial charge in [0.2, 0.25) is 0 Å². The number of hydrogen-bond acceptors (Lipinski definition) is 3. The molecule has 0 aliphatic heterocycles. The van der Waals surface area contributed by atoms with E-state index in [9.17, 15) is 5.11 Å². The Kier molecular flexibility index (Phi) is 4.44. The average molecular weight is 222 g/mol. The molecule has 0 aromatic carbocycles. The van der Waals surface area contributed by atoms with Gasteiger partial charge in [0, 0.05) is 19.3 Å². The van der Waals surface area contributed by atoms with Crippen molar-refractivity contribution >= 4 is 0 Å². The fourth-order valence-electron chi connectivity index (χ4n) is 1.34. The molecule has 1 aromatic rings. The molecule has 0 spiro atoms. The van der Waals surface area contributed by atoms with Crippen LogP contribution in [0.4, 0.5) is 0 Å². The first-order chi connectivity index (χ1) is 7.43. The summed E-state index contributed by atoms with van der Waals surface area (Å²) in [6.07, 6.45) is 1.80. The van der Waals surface area contributed by atoms with Crippen LogP contribution in [-0.2, 0) is 6.54 Å². The molecule has 1 heterocycles. The maximum absolute atomic E-state index is 10.1. The van der Waals surface area contributed by atoms with Crippen LogP contribution in [-0.4, -0.2) is 22.2 Å². The van der Waals surface area contributed by atoms with Gasteiger partial charge in [0.25, 0.3) is 0 Å². The maximum Gasteiger partial charge on any atom is 0.0766 e. The van der Waals surface area contributed by atoms with E-state index in [1.165, 1.54) is 5.56 Å². The fraction of sp³-hybridized carbons (Fsp3) is 0.615. The molecule has 16 heavy (non-hydrogen) atoms. The normalized spacial score (nSPS) is 15.1. The molecule has 1 atom stereocenters. The third-order valence-electron chi connectivity index (χ3n) is 3.14. The molecule has 0 radical (unpaired) electrons. The van der Waals surface area contributed by atoms with E-state index in [-0.39, 0.29) is 5.92 Å². The van der Waals surface area contributed by atoms with E-state index in [0.717, 1.165) is 5.69 Å². The van der Waals surface area contributed by atoms with E-state index in [1.54, 1.807) is 6.20 Å². The molecule has 1 rings (SSSR count). The predicted octanol–water partition coefficient (Wildman–Crippen LogP) is 1.89. The Balaban J connectivity index is 2.45. The number of pyridine rings is 1. The topological polar surface area (TPSA) is 45.2 Å². The third kappa shape index (κ3) is 3.58. The fourth-order valence-corrected chi connectivity index (χ4v) is 1.34. The van der Waals surface area contributed by atoms with Gasteiger partial charge in [0.1, 0.15) is 0 Å². The number of aromatic nitrogens is 1. The number of aryl methyl sites for hydroxylation is 1. The van der Waals surface area contributed by atoms with Crippen molar-refractivity contribution in [1.29, 1.82) is 0 Å². The van der Waals surface area contributed by atoms with Crippen molar-refractivity contribution in [1.82, 2.24) is 10.3 Å². The van der Waals surface area contributed by atoms with Gasteiger partial charge in [0.05, 0.1) is 11.3 Å². The molecule has 0 amide bonds. The standard InChI is InChI=1S/C13H22N2O/c1-10(2)13(4,16)9-14-8-12-11(3)6-5-7-15-12/h5-7,10,14,16H,8-9H2,1-4H3. The Hall–Kier alpha value is -0.930. The Labute approximate surface area is 97.9 Å². The van der Waals surface area contributed by atoms with Crippen molar-refractivity contribution in [3.05, 3.63) is 29.6 Å². The predicted molar refractivity (Wildman–Crippen MR) is 66.1 cm³/mol. The smallest absolute Gasteiger partial charge is 0.0766 e. The monoisotopic (exact) mass is 222 g/mol. The van der Waals surface area contributed by atoms with Crippen molar-refractivity contribution in [3.63, 3.8) is 0 Å². The number of nitrogens with zero attached hydrogens (tertiary/aromatic N) is 1. The maximum atomic E-state index is 10.1. The van der Waals surface area contributed by atoms with Crippen LogP contribution in [0.15, 0.2) is 18.3 Å². The first-order valence-electron chi connectivity index (χ1n) is 5.77. The Bertz CT molecular complexity index is 334. The molecule has 3 heteroatoms. The first-order valence-corrected chi connectivity index (χ1v) is 5.77. The molecule has 1 unspecified atom stereocenters. The SMILES string of the molecule is Cc1cccnc1CNCC(C)(O)C(C)C. The summed E-state index contributed by atoms with van der Waals surface area (Å²) in [5.74, 6) is 0.241. The van der Waals surface area contributed by atoms with Gasteiger partial charge in [-0.05, 0) is 31.4 Å². The summed E-state index contributed by atoms with van der Waals surface area (Å²) < 4.78 is 0. The highest BCUT2D eigenvalue weighted by atomic mass is 16.3. The van der Waals surface area contributed by atoms with Gasteiger partial charge >= 0.3 is 0 Å². The van der Waals surface area contributed by atoms with Crippen molar-refractivity contribution < 1.29 is 5.11 Å². The molecule has 0 bridgehead atoms. The second-order valence-corrected chi connectivity index (χ2v) is 4.88. The van der Waals surface area contributed by atoms with E-state index in [0.29, 0.717) is 13.1 Å². The second-order valence-electron chi connectivity index (χ2n) is 4.88. The molecule has 0 aliphatic carbocycles. The molecule has 1 aromatic heterocycles. The summed E-state index contributed by atoms with van der Waals surface area (Å²) in [5, 5.41) is 13.3. The van der Waals surface area contributed by atoms with Crippen LogP contribution in [0, 0.1) is 12.8 Å². The Morgan fingerprint density at radius 3 is 2.75 bits per heavy atom. The highest BCUT2D eigenvalue weighted by Crippen LogP contribution is 2.14. The molecule has 0 fully saturated rings. The van der Waals surface area contributed by atoms with Crippen LogP contribution in [0.25, 0.3) is 0 Å². The lowest BCUT2D eigenvalue weighted by Crippen LogP contribution is -2.42. The second kappa shape index (κ2) is 5.41. The van der Waals surface area contributed by atoms with Crippen LogP contribution >= 0.6 is 0 Å². The van der Waals surface area contributed by atoms with E-state index in [1.807, 2.05) is 39.8 Å². The van der Waals surface area contributed by atoms with Gasteiger partial charge in [-0.1, -0.05) is 19.9 Å². The van der Waals surface area contributed by atoms with Gasteiger partial charge < -0.3 is 10.4 Å². The Morgan fingerprint density at radius 2 is 2.19 bits per heavy atom. The highest BCUT2D eigenvalue weighted by Gasteiger charge is 2.23.